The number of benzene rings is 2. The summed E-state index contributed by atoms with van der Waals surface area (Å²) < 4.78 is 43.9. The van der Waals surface area contributed by atoms with Crippen LogP contribution in [0.15, 0.2) is 48.5 Å². The molecule has 2 N–H and O–H groups in total. The number of aliphatic carboxylic acids is 1. The second-order valence-electron chi connectivity index (χ2n) is 7.52. The van der Waals surface area contributed by atoms with Crippen LogP contribution in [-0.2, 0) is 22.1 Å². The Bertz CT molecular complexity index is 888. The summed E-state index contributed by atoms with van der Waals surface area (Å²) in [5.41, 5.74) is -0.140. The Kier molecular flexibility index (Phi) is 6.56. The van der Waals surface area contributed by atoms with Crippen molar-refractivity contribution in [2.45, 2.75) is 45.0 Å². The molecular weight excluding hydrogens is 387 g/mol. The predicted octanol–water partition coefficient (Wildman–Crippen LogP) is 4.89. The van der Waals surface area contributed by atoms with Crippen molar-refractivity contribution in [3.05, 3.63) is 59.7 Å². The summed E-state index contributed by atoms with van der Waals surface area (Å²) >= 11 is 0. The quantitative estimate of drug-likeness (QED) is 0.737. The van der Waals surface area contributed by atoms with E-state index in [1.807, 2.05) is 0 Å². The smallest absolute Gasteiger partial charge is 0.416 e. The third-order valence-electron chi connectivity index (χ3n) is 3.88. The van der Waals surface area contributed by atoms with Crippen molar-refractivity contribution in [3.63, 3.8) is 0 Å². The number of nitrogens with one attached hydrogen (secondary N) is 1. The highest BCUT2D eigenvalue weighted by Crippen LogP contribution is 2.32. The van der Waals surface area contributed by atoms with Crippen molar-refractivity contribution < 1.29 is 32.6 Å². The van der Waals surface area contributed by atoms with Gasteiger partial charge in [0.25, 0.3) is 0 Å². The molecular formula is C21H22F3NO4. The highest BCUT2D eigenvalue weighted by molar-refractivity contribution is 5.80. The summed E-state index contributed by atoms with van der Waals surface area (Å²) in [6.07, 6.45) is -5.38. The van der Waals surface area contributed by atoms with Gasteiger partial charge < -0.3 is 15.2 Å². The van der Waals surface area contributed by atoms with E-state index in [-0.39, 0.29) is 6.42 Å². The molecule has 2 rings (SSSR count). The number of hydrogen-bond acceptors (Lipinski definition) is 3. The molecule has 0 saturated carbocycles. The van der Waals surface area contributed by atoms with Crippen molar-refractivity contribution in [2.75, 3.05) is 0 Å². The summed E-state index contributed by atoms with van der Waals surface area (Å²) in [5, 5.41) is 11.7. The third kappa shape index (κ3) is 6.81. The molecule has 0 radical (unpaired) electrons. The van der Waals surface area contributed by atoms with Crippen molar-refractivity contribution in [3.8, 4) is 11.1 Å². The fraction of sp³-hybridized carbons (Fsp3) is 0.333. The fourth-order valence-corrected chi connectivity index (χ4v) is 2.64. The van der Waals surface area contributed by atoms with Crippen molar-refractivity contribution in [1.29, 1.82) is 0 Å². The number of halogens is 3. The van der Waals surface area contributed by atoms with Crippen LogP contribution in [0.1, 0.15) is 31.9 Å². The number of carboxylic acids is 1. The van der Waals surface area contributed by atoms with Crippen LogP contribution in [0.25, 0.3) is 11.1 Å². The first-order valence-corrected chi connectivity index (χ1v) is 8.84. The molecule has 0 aliphatic heterocycles. The Hall–Kier alpha value is -3.03. The zero-order chi connectivity index (χ0) is 21.8. The zero-order valence-corrected chi connectivity index (χ0v) is 16.2. The lowest BCUT2D eigenvalue weighted by molar-refractivity contribution is -0.139. The van der Waals surface area contributed by atoms with Gasteiger partial charge in [-0.2, -0.15) is 13.2 Å². The molecule has 0 unspecified atom stereocenters. The minimum Gasteiger partial charge on any atom is -0.480 e. The van der Waals surface area contributed by atoms with Gasteiger partial charge in [0, 0.05) is 6.42 Å². The van der Waals surface area contributed by atoms with Crippen LogP contribution in [-0.4, -0.2) is 28.8 Å². The number of carbonyl (C=O) groups is 2. The second-order valence-corrected chi connectivity index (χ2v) is 7.52. The van der Waals surface area contributed by atoms with E-state index < -0.39 is 35.4 Å². The highest BCUT2D eigenvalue weighted by atomic mass is 19.4. The SMILES string of the molecule is CC(C)(C)OC(=O)N[C@@H](Cc1cccc(-c2cccc(C(F)(F)F)c2)c1)C(=O)O. The number of alkyl halides is 3. The zero-order valence-electron chi connectivity index (χ0n) is 16.2. The van der Waals surface area contributed by atoms with E-state index in [1.165, 1.54) is 6.07 Å². The van der Waals surface area contributed by atoms with Crippen LogP contribution in [0.4, 0.5) is 18.0 Å². The Balaban J connectivity index is 2.21. The maximum atomic E-state index is 12.9. The molecule has 29 heavy (non-hydrogen) atoms. The number of ether oxygens (including phenoxy) is 1. The van der Waals surface area contributed by atoms with Crippen LogP contribution in [0, 0.1) is 0 Å². The number of carbonyl (C=O) groups excluding carboxylic acids is 1. The first-order valence-electron chi connectivity index (χ1n) is 8.84. The average molecular weight is 409 g/mol. The number of amides is 1. The van der Waals surface area contributed by atoms with Gasteiger partial charge in [-0.25, -0.2) is 9.59 Å². The van der Waals surface area contributed by atoms with Gasteiger partial charge in [-0.15, -0.1) is 0 Å². The molecule has 0 aromatic heterocycles. The Morgan fingerprint density at radius 1 is 1.03 bits per heavy atom. The molecule has 1 atom stereocenters. The predicted molar refractivity (Wildman–Crippen MR) is 101 cm³/mol. The van der Waals surface area contributed by atoms with Gasteiger partial charge in [-0.05, 0) is 49.6 Å². The molecule has 5 nitrogen and oxygen atoms in total. The van der Waals surface area contributed by atoms with Gasteiger partial charge in [0.1, 0.15) is 11.6 Å². The number of rotatable bonds is 5. The fourth-order valence-electron chi connectivity index (χ4n) is 2.64. The molecule has 0 fully saturated rings. The maximum Gasteiger partial charge on any atom is 0.416 e. The molecule has 0 bridgehead atoms. The summed E-state index contributed by atoms with van der Waals surface area (Å²) in [6, 6.07) is 10.1. The molecule has 2 aromatic rings. The summed E-state index contributed by atoms with van der Waals surface area (Å²) in [4.78, 5) is 23.4. The maximum absolute atomic E-state index is 12.9. The summed E-state index contributed by atoms with van der Waals surface area (Å²) in [7, 11) is 0. The number of carboxylic acid groups (broad SMARTS) is 1. The Morgan fingerprint density at radius 2 is 1.62 bits per heavy atom. The molecule has 156 valence electrons. The number of alkyl carbamates (subject to hydrolysis) is 1. The lowest BCUT2D eigenvalue weighted by Gasteiger charge is -2.22. The molecule has 0 saturated heterocycles. The van der Waals surface area contributed by atoms with E-state index in [9.17, 15) is 27.9 Å². The minimum atomic E-state index is -4.46. The third-order valence-corrected chi connectivity index (χ3v) is 3.88. The van der Waals surface area contributed by atoms with Crippen LogP contribution in [0.2, 0.25) is 0 Å². The minimum absolute atomic E-state index is 0.0542. The van der Waals surface area contributed by atoms with E-state index in [0.29, 0.717) is 16.7 Å². The van der Waals surface area contributed by atoms with E-state index in [0.717, 1.165) is 12.1 Å². The van der Waals surface area contributed by atoms with Crippen molar-refractivity contribution in [1.82, 2.24) is 5.32 Å². The van der Waals surface area contributed by atoms with Gasteiger partial charge in [0.05, 0.1) is 5.56 Å². The van der Waals surface area contributed by atoms with Crippen molar-refractivity contribution in [2.24, 2.45) is 0 Å². The summed E-state index contributed by atoms with van der Waals surface area (Å²) in [5.74, 6) is -1.25. The molecule has 2 aromatic carbocycles. The second kappa shape index (κ2) is 8.55. The first-order chi connectivity index (χ1) is 13.3. The normalized spacial score (nSPS) is 12.9. The van der Waals surface area contributed by atoms with Crippen LogP contribution >= 0.6 is 0 Å². The average Bonchev–Trinajstić information content (AvgIpc) is 2.59. The lowest BCUT2D eigenvalue weighted by Crippen LogP contribution is -2.44. The van der Waals surface area contributed by atoms with Crippen LogP contribution in [0.5, 0.6) is 0 Å². The monoisotopic (exact) mass is 409 g/mol. The van der Waals surface area contributed by atoms with Gasteiger partial charge >= 0.3 is 18.2 Å². The van der Waals surface area contributed by atoms with Gasteiger partial charge in [0.2, 0.25) is 0 Å². The van der Waals surface area contributed by atoms with Gasteiger partial charge in [-0.1, -0.05) is 36.4 Å². The molecule has 0 heterocycles. The van der Waals surface area contributed by atoms with E-state index in [1.54, 1.807) is 51.1 Å². The standard InChI is InChI=1S/C21H22F3NO4/c1-20(2,3)29-19(28)25-17(18(26)27)11-13-6-4-7-14(10-13)15-8-5-9-16(12-15)21(22,23)24/h4-10,12,17H,11H2,1-3H3,(H,25,28)(H,26,27)/t17-/m0/s1. The van der Waals surface area contributed by atoms with E-state index in [4.69, 9.17) is 4.74 Å². The van der Waals surface area contributed by atoms with Crippen LogP contribution in [0.3, 0.4) is 0 Å². The Morgan fingerprint density at radius 3 is 2.17 bits per heavy atom. The number of hydrogen-bond donors (Lipinski definition) is 2. The molecule has 0 aliphatic carbocycles. The Labute approximate surface area is 166 Å². The first kappa shape index (κ1) is 22.3. The molecule has 0 aliphatic rings. The van der Waals surface area contributed by atoms with E-state index in [2.05, 4.69) is 5.32 Å². The molecule has 1 amide bonds. The lowest BCUT2D eigenvalue weighted by atomic mass is 9.98. The molecule has 0 spiro atoms. The van der Waals surface area contributed by atoms with Gasteiger partial charge in [-0.3, -0.25) is 0 Å². The summed E-state index contributed by atoms with van der Waals surface area (Å²) in [6.45, 7) is 4.96. The van der Waals surface area contributed by atoms with Gasteiger partial charge in [0.15, 0.2) is 0 Å². The van der Waals surface area contributed by atoms with Crippen LogP contribution < -0.4 is 5.32 Å². The van der Waals surface area contributed by atoms with E-state index >= 15 is 0 Å². The van der Waals surface area contributed by atoms with Crippen molar-refractivity contribution >= 4 is 12.1 Å². The largest absolute Gasteiger partial charge is 0.480 e. The topological polar surface area (TPSA) is 75.6 Å². The molecule has 8 heteroatoms. The highest BCUT2D eigenvalue weighted by Gasteiger charge is 2.30.